The molecule has 2 aliphatic rings. The van der Waals surface area contributed by atoms with E-state index in [1.165, 1.54) is 0 Å². The van der Waals surface area contributed by atoms with Crippen LogP contribution < -0.4 is 14.2 Å². The van der Waals surface area contributed by atoms with Crippen molar-refractivity contribution in [2.75, 3.05) is 47.1 Å². The summed E-state index contributed by atoms with van der Waals surface area (Å²) in [4.78, 5) is 27.8. The van der Waals surface area contributed by atoms with Crippen LogP contribution in [-0.4, -0.2) is 74.6 Å². The van der Waals surface area contributed by atoms with Crippen molar-refractivity contribution in [2.24, 2.45) is 11.0 Å². The predicted molar refractivity (Wildman–Crippen MR) is 144 cm³/mol. The van der Waals surface area contributed by atoms with Gasteiger partial charge in [-0.1, -0.05) is 12.1 Å². The topological polar surface area (TPSA) is 89.9 Å². The summed E-state index contributed by atoms with van der Waals surface area (Å²) in [6.07, 6.45) is 1.92. The Morgan fingerprint density at radius 2 is 1.66 bits per heavy atom. The van der Waals surface area contributed by atoms with Gasteiger partial charge >= 0.3 is 5.97 Å². The Kier molecular flexibility index (Phi) is 9.23. The van der Waals surface area contributed by atoms with E-state index >= 15 is 0 Å². The van der Waals surface area contributed by atoms with Crippen LogP contribution in [0.3, 0.4) is 0 Å². The maximum atomic E-state index is 13.6. The lowest BCUT2D eigenvalue weighted by Crippen LogP contribution is -2.43. The van der Waals surface area contributed by atoms with Crippen molar-refractivity contribution in [3.8, 4) is 17.2 Å². The number of nitrogens with zero attached hydrogens (tertiary/aromatic N) is 3. The van der Waals surface area contributed by atoms with Gasteiger partial charge in [0, 0.05) is 18.1 Å². The molecule has 1 unspecified atom stereocenters. The molecule has 2 aliphatic heterocycles. The van der Waals surface area contributed by atoms with Crippen LogP contribution in [0.1, 0.15) is 50.3 Å². The van der Waals surface area contributed by atoms with E-state index in [-0.39, 0.29) is 30.4 Å². The van der Waals surface area contributed by atoms with E-state index < -0.39 is 0 Å². The third-order valence-electron chi connectivity index (χ3n) is 7.03. The van der Waals surface area contributed by atoms with Gasteiger partial charge in [-0.25, -0.2) is 5.01 Å². The van der Waals surface area contributed by atoms with E-state index in [1.807, 2.05) is 56.3 Å². The average Bonchev–Trinajstić information content (AvgIpc) is 3.39. The normalized spacial score (nSPS) is 18.2. The van der Waals surface area contributed by atoms with Crippen molar-refractivity contribution in [1.82, 2.24) is 9.91 Å². The maximum Gasteiger partial charge on any atom is 0.309 e. The molecule has 1 fully saturated rings. The van der Waals surface area contributed by atoms with Crippen LogP contribution in [0.15, 0.2) is 47.6 Å². The van der Waals surface area contributed by atoms with Crippen molar-refractivity contribution in [3.05, 3.63) is 53.6 Å². The molecule has 0 radical (unpaired) electrons. The Morgan fingerprint density at radius 1 is 0.947 bits per heavy atom. The molecule has 1 amide bonds. The molecular formula is C29H37N3O6. The molecule has 1 atom stereocenters. The zero-order valence-corrected chi connectivity index (χ0v) is 22.6. The lowest BCUT2D eigenvalue weighted by molar-refractivity contribution is -0.149. The van der Waals surface area contributed by atoms with Gasteiger partial charge in [0.2, 0.25) is 0 Å². The first kappa shape index (κ1) is 27.4. The Morgan fingerprint density at radius 3 is 2.29 bits per heavy atom. The van der Waals surface area contributed by atoms with Gasteiger partial charge in [0.1, 0.15) is 17.2 Å². The van der Waals surface area contributed by atoms with Gasteiger partial charge in [0.05, 0.1) is 51.6 Å². The summed E-state index contributed by atoms with van der Waals surface area (Å²) in [5.41, 5.74) is 2.58. The van der Waals surface area contributed by atoms with E-state index in [0.29, 0.717) is 57.1 Å². The predicted octanol–water partition coefficient (Wildman–Crippen LogP) is 4.06. The largest absolute Gasteiger partial charge is 0.497 e. The zero-order chi connectivity index (χ0) is 27.1. The standard InChI is InChI=1S/C29H37N3O6/c1-5-37-22-9-7-20(8-10-22)26-18-25(24-12-11-23(35-3)17-27(24)36-4)30-32(26)28(33)19-31-15-13-21(14-16-31)29(34)38-6-2/h7-12,17,21,26H,5-6,13-16,18-19H2,1-4H3. The minimum absolute atomic E-state index is 0.0825. The summed E-state index contributed by atoms with van der Waals surface area (Å²) in [6.45, 7) is 6.31. The highest BCUT2D eigenvalue weighted by Gasteiger charge is 2.35. The molecule has 9 heteroatoms. The second kappa shape index (κ2) is 12.8. The van der Waals surface area contributed by atoms with E-state index in [1.54, 1.807) is 19.2 Å². The minimum Gasteiger partial charge on any atom is -0.497 e. The fraction of sp³-hybridized carbons (Fsp3) is 0.483. The second-order valence-electron chi connectivity index (χ2n) is 9.38. The van der Waals surface area contributed by atoms with Gasteiger partial charge in [-0.2, -0.15) is 5.10 Å². The lowest BCUT2D eigenvalue weighted by atomic mass is 9.96. The van der Waals surface area contributed by atoms with Crippen molar-refractivity contribution in [2.45, 2.75) is 39.2 Å². The number of methoxy groups -OCH3 is 2. The highest BCUT2D eigenvalue weighted by molar-refractivity contribution is 6.05. The van der Waals surface area contributed by atoms with Crippen LogP contribution in [0.25, 0.3) is 0 Å². The number of likely N-dealkylation sites (tertiary alicyclic amines) is 1. The molecule has 2 aromatic rings. The average molecular weight is 524 g/mol. The third-order valence-corrected chi connectivity index (χ3v) is 7.03. The van der Waals surface area contributed by atoms with Crippen LogP contribution in [0.4, 0.5) is 0 Å². The molecule has 9 nitrogen and oxygen atoms in total. The molecule has 4 rings (SSSR count). The van der Waals surface area contributed by atoms with Gasteiger partial charge in [-0.05, 0) is 69.6 Å². The second-order valence-corrected chi connectivity index (χ2v) is 9.38. The Labute approximate surface area is 224 Å². The molecule has 0 bridgehead atoms. The van der Waals surface area contributed by atoms with E-state index in [9.17, 15) is 9.59 Å². The van der Waals surface area contributed by atoms with Crippen molar-refractivity contribution >= 4 is 17.6 Å². The third kappa shape index (κ3) is 6.27. The number of esters is 1. The monoisotopic (exact) mass is 523 g/mol. The van der Waals surface area contributed by atoms with Crippen molar-refractivity contribution in [3.63, 3.8) is 0 Å². The van der Waals surface area contributed by atoms with Gasteiger partial charge < -0.3 is 18.9 Å². The number of carbonyl (C=O) groups is 2. The van der Waals surface area contributed by atoms with Gasteiger partial charge in [-0.3, -0.25) is 14.5 Å². The molecular weight excluding hydrogens is 486 g/mol. The minimum atomic E-state index is -0.253. The van der Waals surface area contributed by atoms with Crippen LogP contribution in [-0.2, 0) is 14.3 Å². The molecule has 1 saturated heterocycles. The SMILES string of the molecule is CCOC(=O)C1CCN(CC(=O)N2N=C(c3ccc(OC)cc3OC)CC2c2ccc(OCC)cc2)CC1. The van der Waals surface area contributed by atoms with Crippen LogP contribution >= 0.6 is 0 Å². The molecule has 2 heterocycles. The molecule has 204 valence electrons. The highest BCUT2D eigenvalue weighted by atomic mass is 16.5. The van der Waals surface area contributed by atoms with Crippen LogP contribution in [0.5, 0.6) is 17.2 Å². The summed E-state index contributed by atoms with van der Waals surface area (Å²) >= 11 is 0. The fourth-order valence-electron chi connectivity index (χ4n) is 5.00. The summed E-state index contributed by atoms with van der Waals surface area (Å²) in [5, 5.41) is 6.42. The molecule has 0 N–H and O–H groups in total. The first-order valence-corrected chi connectivity index (χ1v) is 13.2. The number of ether oxygens (including phenoxy) is 4. The van der Waals surface area contributed by atoms with Gasteiger partial charge in [0.25, 0.3) is 5.91 Å². The smallest absolute Gasteiger partial charge is 0.309 e. The summed E-state index contributed by atoms with van der Waals surface area (Å²) in [7, 11) is 3.22. The van der Waals surface area contributed by atoms with E-state index in [4.69, 9.17) is 24.0 Å². The first-order chi connectivity index (χ1) is 18.5. The Bertz CT molecular complexity index is 1140. The summed E-state index contributed by atoms with van der Waals surface area (Å²) in [6, 6.07) is 13.2. The Balaban J connectivity index is 1.54. The van der Waals surface area contributed by atoms with E-state index in [0.717, 1.165) is 22.6 Å². The molecule has 2 aromatic carbocycles. The van der Waals surface area contributed by atoms with E-state index in [2.05, 4.69) is 4.90 Å². The van der Waals surface area contributed by atoms with Crippen molar-refractivity contribution < 1.29 is 28.5 Å². The molecule has 0 aromatic heterocycles. The Hall–Kier alpha value is -3.59. The van der Waals surface area contributed by atoms with Crippen LogP contribution in [0, 0.1) is 5.92 Å². The van der Waals surface area contributed by atoms with Gasteiger partial charge in [0.15, 0.2) is 0 Å². The highest BCUT2D eigenvalue weighted by Crippen LogP contribution is 2.37. The number of hydrogen-bond donors (Lipinski definition) is 0. The number of carbonyl (C=O) groups excluding carboxylic acids is 2. The quantitative estimate of drug-likeness (QED) is 0.434. The number of hydrazone groups is 1. The molecule has 0 saturated carbocycles. The number of hydrogen-bond acceptors (Lipinski definition) is 8. The lowest BCUT2D eigenvalue weighted by Gasteiger charge is -2.32. The number of amides is 1. The van der Waals surface area contributed by atoms with Crippen molar-refractivity contribution in [1.29, 1.82) is 0 Å². The maximum absolute atomic E-state index is 13.6. The van der Waals surface area contributed by atoms with Crippen LogP contribution in [0.2, 0.25) is 0 Å². The zero-order valence-electron chi connectivity index (χ0n) is 22.6. The molecule has 0 aliphatic carbocycles. The molecule has 38 heavy (non-hydrogen) atoms. The number of benzene rings is 2. The summed E-state index contributed by atoms with van der Waals surface area (Å²) < 4.78 is 21.7. The summed E-state index contributed by atoms with van der Waals surface area (Å²) in [5.74, 6) is 1.79. The fourth-order valence-corrected chi connectivity index (χ4v) is 5.00. The van der Waals surface area contributed by atoms with Gasteiger partial charge in [-0.15, -0.1) is 0 Å². The molecule has 0 spiro atoms. The first-order valence-electron chi connectivity index (χ1n) is 13.2. The number of piperidine rings is 1. The number of rotatable bonds is 10.